The Bertz CT molecular complexity index is 170. The van der Waals surface area contributed by atoms with Gasteiger partial charge in [0.05, 0.1) is 5.92 Å². The summed E-state index contributed by atoms with van der Waals surface area (Å²) in [6, 6.07) is 0. The van der Waals surface area contributed by atoms with Crippen LogP contribution < -0.4 is 0 Å². The molecule has 1 atom stereocenters. The van der Waals surface area contributed by atoms with E-state index in [-0.39, 0.29) is 5.92 Å². The second kappa shape index (κ2) is 2.86. The number of carboxylic acids is 1. The van der Waals surface area contributed by atoms with Crippen LogP contribution in [0.1, 0.15) is 19.3 Å². The van der Waals surface area contributed by atoms with Gasteiger partial charge < -0.3 is 5.11 Å². The van der Waals surface area contributed by atoms with Gasteiger partial charge in [0.2, 0.25) is 0 Å². The minimum absolute atomic E-state index is 0.202. The van der Waals surface area contributed by atoms with E-state index in [1.807, 2.05) is 6.08 Å². The third kappa shape index (κ3) is 1.59. The number of hydrogen-bond acceptors (Lipinski definition) is 1. The summed E-state index contributed by atoms with van der Waals surface area (Å²) >= 11 is 0. The Labute approximate surface area is 60.6 Å². The van der Waals surface area contributed by atoms with Crippen molar-refractivity contribution in [2.24, 2.45) is 5.92 Å². The van der Waals surface area contributed by atoms with E-state index < -0.39 is 5.97 Å². The molecule has 1 aliphatic carbocycles. The van der Waals surface area contributed by atoms with Gasteiger partial charge in [0.1, 0.15) is 0 Å². The number of rotatable bonds is 1. The number of allylic oxidation sites excluding steroid dienone is 2. The first-order valence-corrected chi connectivity index (χ1v) is 3.37. The van der Waals surface area contributed by atoms with E-state index >= 15 is 0 Å². The summed E-state index contributed by atoms with van der Waals surface area (Å²) in [5, 5.41) is 8.55. The van der Waals surface area contributed by atoms with Crippen molar-refractivity contribution >= 4 is 5.97 Å². The van der Waals surface area contributed by atoms with Gasteiger partial charge in [-0.2, -0.15) is 0 Å². The second-order valence-electron chi connectivity index (χ2n) is 2.59. The van der Waals surface area contributed by atoms with Crippen LogP contribution in [0.4, 0.5) is 0 Å². The van der Waals surface area contributed by atoms with Crippen LogP contribution in [0, 0.1) is 12.8 Å². The third-order valence-electron chi connectivity index (χ3n) is 1.80. The first-order chi connectivity index (χ1) is 4.70. The van der Waals surface area contributed by atoms with E-state index in [0.717, 1.165) is 12.0 Å². The molecule has 2 radical (unpaired) electrons. The van der Waals surface area contributed by atoms with Gasteiger partial charge in [-0.05, 0) is 26.2 Å². The number of carbonyl (C=O) groups is 1. The van der Waals surface area contributed by atoms with Crippen molar-refractivity contribution in [2.75, 3.05) is 0 Å². The Balaban J connectivity index is 2.50. The molecule has 0 saturated carbocycles. The van der Waals surface area contributed by atoms with E-state index in [1.54, 1.807) is 0 Å². The van der Waals surface area contributed by atoms with E-state index in [0.29, 0.717) is 12.8 Å². The van der Waals surface area contributed by atoms with Crippen molar-refractivity contribution in [2.45, 2.75) is 19.3 Å². The topological polar surface area (TPSA) is 37.3 Å². The highest BCUT2D eigenvalue weighted by atomic mass is 16.4. The van der Waals surface area contributed by atoms with Crippen LogP contribution in [0.25, 0.3) is 0 Å². The molecule has 1 aliphatic rings. The molecule has 0 aromatic carbocycles. The smallest absolute Gasteiger partial charge is 0.306 e. The predicted molar refractivity (Wildman–Crippen MR) is 37.4 cm³/mol. The molecule has 0 heterocycles. The van der Waals surface area contributed by atoms with E-state index in [1.165, 1.54) is 0 Å². The van der Waals surface area contributed by atoms with Crippen LogP contribution in [0.2, 0.25) is 0 Å². The monoisotopic (exact) mass is 138 g/mol. The lowest BCUT2D eigenvalue weighted by Crippen LogP contribution is -2.15. The Morgan fingerprint density at radius 1 is 1.80 bits per heavy atom. The first kappa shape index (κ1) is 7.32. The lowest BCUT2D eigenvalue weighted by atomic mass is 9.90. The van der Waals surface area contributed by atoms with Gasteiger partial charge in [0, 0.05) is 0 Å². The lowest BCUT2D eigenvalue weighted by molar-refractivity contribution is -0.141. The predicted octanol–water partition coefficient (Wildman–Crippen LogP) is 1.51. The summed E-state index contributed by atoms with van der Waals surface area (Å²) in [5.41, 5.74) is 0.831. The Kier molecular flexibility index (Phi) is 2.10. The highest BCUT2D eigenvalue weighted by Crippen LogP contribution is 2.22. The number of aliphatic carboxylic acids is 1. The minimum Gasteiger partial charge on any atom is -0.481 e. The molecular weight excluding hydrogens is 128 g/mol. The maximum absolute atomic E-state index is 10.4. The molecule has 0 amide bonds. The SMILES string of the molecule is [CH]C1=CCC(C(=O)O)CC1. The van der Waals surface area contributed by atoms with Gasteiger partial charge in [-0.1, -0.05) is 11.6 Å². The molecule has 0 saturated heterocycles. The largest absolute Gasteiger partial charge is 0.481 e. The average molecular weight is 138 g/mol. The molecule has 1 unspecified atom stereocenters. The summed E-state index contributed by atoms with van der Waals surface area (Å²) < 4.78 is 0. The molecule has 2 heteroatoms. The van der Waals surface area contributed by atoms with Crippen LogP contribution in [-0.2, 0) is 4.79 Å². The average Bonchev–Trinajstić information content (AvgIpc) is 1.88. The normalized spacial score (nSPS) is 25.7. The Hall–Kier alpha value is -0.790. The van der Waals surface area contributed by atoms with E-state index in [9.17, 15) is 4.79 Å². The van der Waals surface area contributed by atoms with Crippen molar-refractivity contribution in [3.05, 3.63) is 18.6 Å². The zero-order chi connectivity index (χ0) is 7.56. The molecule has 0 aromatic rings. The quantitative estimate of drug-likeness (QED) is 0.596. The first-order valence-electron chi connectivity index (χ1n) is 3.37. The molecule has 1 N–H and O–H groups in total. The lowest BCUT2D eigenvalue weighted by Gasteiger charge is -2.15. The molecule has 10 heavy (non-hydrogen) atoms. The standard InChI is InChI=1S/C8H10O2/c1-6-2-4-7(5-3-6)8(9)10/h1-2,7H,3-5H2,(H,9,10). The van der Waals surface area contributed by atoms with Crippen molar-refractivity contribution < 1.29 is 9.90 Å². The van der Waals surface area contributed by atoms with Gasteiger partial charge in [0.25, 0.3) is 0 Å². The molecule has 0 aliphatic heterocycles. The molecular formula is C8H10O2. The molecule has 0 fully saturated rings. The Morgan fingerprint density at radius 2 is 2.50 bits per heavy atom. The van der Waals surface area contributed by atoms with Crippen LogP contribution >= 0.6 is 0 Å². The van der Waals surface area contributed by atoms with Crippen molar-refractivity contribution in [1.29, 1.82) is 0 Å². The van der Waals surface area contributed by atoms with Gasteiger partial charge in [0.15, 0.2) is 0 Å². The molecule has 0 aromatic heterocycles. The molecule has 54 valence electrons. The molecule has 1 rings (SSSR count). The molecule has 0 bridgehead atoms. The zero-order valence-corrected chi connectivity index (χ0v) is 5.71. The maximum atomic E-state index is 10.4. The number of hydrogen-bond donors (Lipinski definition) is 1. The van der Waals surface area contributed by atoms with Gasteiger partial charge in [-0.25, -0.2) is 0 Å². The highest BCUT2D eigenvalue weighted by Gasteiger charge is 2.18. The van der Waals surface area contributed by atoms with E-state index in [2.05, 4.69) is 0 Å². The van der Waals surface area contributed by atoms with Crippen molar-refractivity contribution in [1.82, 2.24) is 0 Å². The summed E-state index contributed by atoms with van der Waals surface area (Å²) in [4.78, 5) is 10.4. The second-order valence-corrected chi connectivity index (χ2v) is 2.59. The fourth-order valence-electron chi connectivity index (χ4n) is 1.08. The Morgan fingerprint density at radius 3 is 2.90 bits per heavy atom. The summed E-state index contributed by atoms with van der Waals surface area (Å²) in [5.74, 6) is -0.906. The van der Waals surface area contributed by atoms with Gasteiger partial charge in [-0.3, -0.25) is 4.79 Å². The highest BCUT2D eigenvalue weighted by molar-refractivity contribution is 5.70. The molecule has 2 nitrogen and oxygen atoms in total. The van der Waals surface area contributed by atoms with Crippen LogP contribution in [-0.4, -0.2) is 11.1 Å². The van der Waals surface area contributed by atoms with Crippen molar-refractivity contribution in [3.63, 3.8) is 0 Å². The zero-order valence-electron chi connectivity index (χ0n) is 5.71. The fraction of sp³-hybridized carbons (Fsp3) is 0.500. The maximum Gasteiger partial charge on any atom is 0.306 e. The van der Waals surface area contributed by atoms with Gasteiger partial charge >= 0.3 is 5.97 Å². The summed E-state index contributed by atoms with van der Waals surface area (Å²) in [7, 11) is 0. The van der Waals surface area contributed by atoms with Crippen LogP contribution in [0.5, 0.6) is 0 Å². The van der Waals surface area contributed by atoms with E-state index in [4.69, 9.17) is 12.0 Å². The minimum atomic E-state index is -0.705. The number of carboxylic acid groups (broad SMARTS) is 1. The summed E-state index contributed by atoms with van der Waals surface area (Å²) in [6.45, 7) is 5.47. The summed E-state index contributed by atoms with van der Waals surface area (Å²) in [6.07, 6.45) is 3.83. The van der Waals surface area contributed by atoms with Gasteiger partial charge in [-0.15, -0.1) is 0 Å². The fourth-order valence-corrected chi connectivity index (χ4v) is 1.08. The van der Waals surface area contributed by atoms with Crippen LogP contribution in [0.15, 0.2) is 11.6 Å². The third-order valence-corrected chi connectivity index (χ3v) is 1.80. The van der Waals surface area contributed by atoms with Crippen molar-refractivity contribution in [3.8, 4) is 0 Å². The molecule has 0 spiro atoms. The van der Waals surface area contributed by atoms with Crippen LogP contribution in [0.3, 0.4) is 0 Å².